The zero-order chi connectivity index (χ0) is 14.9. The van der Waals surface area contributed by atoms with Crippen LogP contribution in [0.5, 0.6) is 5.75 Å². The van der Waals surface area contributed by atoms with Crippen LogP contribution in [0.1, 0.15) is 11.1 Å². The largest absolute Gasteiger partial charge is 0.573 e. The van der Waals surface area contributed by atoms with Crippen LogP contribution in [0.2, 0.25) is 0 Å². The molecule has 108 valence electrons. The van der Waals surface area contributed by atoms with E-state index in [-0.39, 0.29) is 5.75 Å². The highest BCUT2D eigenvalue weighted by molar-refractivity contribution is 5.64. The fourth-order valence-electron chi connectivity index (χ4n) is 2.26. The van der Waals surface area contributed by atoms with Crippen molar-refractivity contribution < 1.29 is 17.9 Å². The van der Waals surface area contributed by atoms with E-state index in [0.717, 1.165) is 11.3 Å². The fraction of sp³-hybridized carbons (Fsp3) is 0.125. The maximum atomic E-state index is 12.1. The summed E-state index contributed by atoms with van der Waals surface area (Å²) in [6.45, 7) is 0.687. The van der Waals surface area contributed by atoms with E-state index < -0.39 is 6.36 Å². The first-order valence-electron chi connectivity index (χ1n) is 6.40. The third-order valence-corrected chi connectivity index (χ3v) is 3.23. The van der Waals surface area contributed by atoms with E-state index in [1.807, 2.05) is 41.4 Å². The quantitative estimate of drug-likeness (QED) is 0.803. The molecule has 0 saturated carbocycles. The Kier molecular flexibility index (Phi) is 3.33. The first-order valence-corrected chi connectivity index (χ1v) is 6.40. The van der Waals surface area contributed by atoms with Crippen LogP contribution in [0, 0.1) is 0 Å². The lowest BCUT2D eigenvalue weighted by molar-refractivity contribution is -0.274. The van der Waals surface area contributed by atoms with Crippen LogP contribution < -0.4 is 9.64 Å². The highest BCUT2D eigenvalue weighted by Gasteiger charge is 2.31. The van der Waals surface area contributed by atoms with Gasteiger partial charge < -0.3 is 9.64 Å². The van der Waals surface area contributed by atoms with Gasteiger partial charge in [-0.05, 0) is 41.5 Å². The van der Waals surface area contributed by atoms with Crippen LogP contribution in [0.4, 0.5) is 18.9 Å². The molecule has 21 heavy (non-hydrogen) atoms. The summed E-state index contributed by atoms with van der Waals surface area (Å²) in [4.78, 5) is 1.97. The minimum atomic E-state index is -4.66. The van der Waals surface area contributed by atoms with Crippen LogP contribution in [-0.2, 0) is 6.54 Å². The first kappa shape index (κ1) is 13.5. The third-order valence-electron chi connectivity index (χ3n) is 3.23. The summed E-state index contributed by atoms with van der Waals surface area (Å²) < 4.78 is 40.2. The topological polar surface area (TPSA) is 12.5 Å². The Morgan fingerprint density at radius 3 is 2.38 bits per heavy atom. The molecular formula is C16H12F3NO. The number of benzene rings is 2. The van der Waals surface area contributed by atoms with Crippen molar-refractivity contribution in [3.8, 4) is 5.75 Å². The summed E-state index contributed by atoms with van der Waals surface area (Å²) in [5.41, 5.74) is 3.15. The van der Waals surface area contributed by atoms with Crippen LogP contribution in [0.25, 0.3) is 6.08 Å². The van der Waals surface area contributed by atoms with Gasteiger partial charge in [0.1, 0.15) is 5.75 Å². The van der Waals surface area contributed by atoms with Gasteiger partial charge in [0.05, 0.1) is 0 Å². The Bertz CT molecular complexity index is 662. The molecule has 0 aromatic heterocycles. The molecule has 3 rings (SSSR count). The molecule has 0 fully saturated rings. The molecule has 0 spiro atoms. The molecule has 2 aromatic carbocycles. The molecule has 0 N–H and O–H groups in total. The molecule has 0 atom stereocenters. The standard InChI is InChI=1S/C16H12F3NO/c17-16(18,19)21-15-7-5-14(6-8-15)20-10-9-12-3-1-2-4-13(12)11-20/h1-10H,11H2. The van der Waals surface area contributed by atoms with E-state index >= 15 is 0 Å². The summed E-state index contributed by atoms with van der Waals surface area (Å²) in [7, 11) is 0. The molecule has 1 aliphatic heterocycles. The van der Waals surface area contributed by atoms with Crippen molar-refractivity contribution in [1.82, 2.24) is 0 Å². The van der Waals surface area contributed by atoms with E-state index in [2.05, 4.69) is 4.74 Å². The van der Waals surface area contributed by atoms with Gasteiger partial charge in [-0.25, -0.2) is 0 Å². The number of halogens is 3. The molecule has 0 saturated heterocycles. The second-order valence-corrected chi connectivity index (χ2v) is 4.68. The summed E-state index contributed by atoms with van der Waals surface area (Å²) in [6, 6.07) is 13.9. The number of anilines is 1. The molecule has 0 aliphatic carbocycles. The number of hydrogen-bond acceptors (Lipinski definition) is 2. The van der Waals surface area contributed by atoms with Crippen LogP contribution in [-0.4, -0.2) is 6.36 Å². The van der Waals surface area contributed by atoms with Crippen molar-refractivity contribution in [2.45, 2.75) is 12.9 Å². The first-order chi connectivity index (χ1) is 10.0. The number of fused-ring (bicyclic) bond motifs is 1. The van der Waals surface area contributed by atoms with Crippen molar-refractivity contribution in [3.63, 3.8) is 0 Å². The summed E-state index contributed by atoms with van der Waals surface area (Å²) in [6.07, 6.45) is -0.758. The van der Waals surface area contributed by atoms with Gasteiger partial charge in [0.15, 0.2) is 0 Å². The van der Waals surface area contributed by atoms with Crippen molar-refractivity contribution in [2.75, 3.05) is 4.90 Å². The predicted molar refractivity (Wildman–Crippen MR) is 74.8 cm³/mol. The molecule has 1 heterocycles. The fourth-order valence-corrected chi connectivity index (χ4v) is 2.26. The maximum absolute atomic E-state index is 12.1. The Morgan fingerprint density at radius 2 is 1.67 bits per heavy atom. The molecule has 0 bridgehead atoms. The van der Waals surface area contributed by atoms with Gasteiger partial charge in [0.2, 0.25) is 0 Å². The van der Waals surface area contributed by atoms with Crippen LogP contribution in [0.3, 0.4) is 0 Å². The molecule has 2 nitrogen and oxygen atoms in total. The number of rotatable bonds is 2. The average Bonchev–Trinajstić information content (AvgIpc) is 2.46. The lowest BCUT2D eigenvalue weighted by Gasteiger charge is -2.25. The molecule has 5 heteroatoms. The second kappa shape index (κ2) is 5.16. The van der Waals surface area contributed by atoms with Gasteiger partial charge >= 0.3 is 6.36 Å². The number of hydrogen-bond donors (Lipinski definition) is 0. The third kappa shape index (κ3) is 3.18. The molecular weight excluding hydrogens is 279 g/mol. The zero-order valence-corrected chi connectivity index (χ0v) is 11.0. The SMILES string of the molecule is FC(F)(F)Oc1ccc(N2C=Cc3ccccc3C2)cc1. The van der Waals surface area contributed by atoms with E-state index in [1.54, 1.807) is 12.1 Å². The summed E-state index contributed by atoms with van der Waals surface area (Å²) in [5.74, 6) is -0.215. The number of alkyl halides is 3. The van der Waals surface area contributed by atoms with Gasteiger partial charge in [-0.1, -0.05) is 24.3 Å². The monoisotopic (exact) mass is 291 g/mol. The molecule has 0 unspecified atom stereocenters. The van der Waals surface area contributed by atoms with E-state index in [4.69, 9.17) is 0 Å². The Morgan fingerprint density at radius 1 is 0.952 bits per heavy atom. The minimum absolute atomic E-state index is 0.215. The smallest absolute Gasteiger partial charge is 0.406 e. The van der Waals surface area contributed by atoms with Crippen LogP contribution >= 0.6 is 0 Å². The Balaban J connectivity index is 1.77. The van der Waals surface area contributed by atoms with Crippen molar-refractivity contribution in [2.24, 2.45) is 0 Å². The van der Waals surface area contributed by atoms with Crippen molar-refractivity contribution in [1.29, 1.82) is 0 Å². The number of nitrogens with zero attached hydrogens (tertiary/aromatic N) is 1. The average molecular weight is 291 g/mol. The normalized spacial score (nSPS) is 14.0. The highest BCUT2D eigenvalue weighted by atomic mass is 19.4. The van der Waals surface area contributed by atoms with Gasteiger partial charge in [-0.3, -0.25) is 0 Å². The summed E-state index contributed by atoms with van der Waals surface area (Å²) in [5, 5.41) is 0. The molecule has 0 radical (unpaired) electrons. The zero-order valence-electron chi connectivity index (χ0n) is 11.0. The Labute approximate surface area is 120 Å². The van der Waals surface area contributed by atoms with Crippen molar-refractivity contribution >= 4 is 11.8 Å². The maximum Gasteiger partial charge on any atom is 0.573 e. The lowest BCUT2D eigenvalue weighted by Crippen LogP contribution is -2.19. The van der Waals surface area contributed by atoms with E-state index in [0.29, 0.717) is 6.54 Å². The predicted octanol–water partition coefficient (Wildman–Crippen LogP) is 4.58. The van der Waals surface area contributed by atoms with Gasteiger partial charge in [-0.2, -0.15) is 0 Å². The van der Waals surface area contributed by atoms with Crippen LogP contribution in [0.15, 0.2) is 54.7 Å². The Hall–Kier alpha value is -2.43. The highest BCUT2D eigenvalue weighted by Crippen LogP contribution is 2.28. The minimum Gasteiger partial charge on any atom is -0.406 e. The second-order valence-electron chi connectivity index (χ2n) is 4.68. The summed E-state index contributed by atoms with van der Waals surface area (Å²) >= 11 is 0. The van der Waals surface area contributed by atoms with E-state index in [1.165, 1.54) is 17.7 Å². The van der Waals surface area contributed by atoms with Gasteiger partial charge in [0.25, 0.3) is 0 Å². The molecule has 2 aromatic rings. The van der Waals surface area contributed by atoms with Gasteiger partial charge in [-0.15, -0.1) is 13.2 Å². The van der Waals surface area contributed by atoms with Crippen molar-refractivity contribution in [3.05, 3.63) is 65.9 Å². The number of ether oxygens (including phenoxy) is 1. The van der Waals surface area contributed by atoms with E-state index in [9.17, 15) is 13.2 Å². The van der Waals surface area contributed by atoms with Gasteiger partial charge in [0, 0.05) is 18.4 Å². The molecule has 0 amide bonds. The lowest BCUT2D eigenvalue weighted by atomic mass is 10.0. The molecule has 1 aliphatic rings.